The molecule has 0 aromatic heterocycles. The van der Waals surface area contributed by atoms with Gasteiger partial charge in [0.25, 0.3) is 0 Å². The SMILES string of the molecule is CNC(C)CNC(=O)CC(C)c1ccccc1C.Cl. The van der Waals surface area contributed by atoms with Crippen LogP contribution in [0.25, 0.3) is 0 Å². The van der Waals surface area contributed by atoms with E-state index in [9.17, 15) is 4.79 Å². The van der Waals surface area contributed by atoms with Gasteiger partial charge in [0.15, 0.2) is 0 Å². The minimum Gasteiger partial charge on any atom is -0.355 e. The number of benzene rings is 1. The lowest BCUT2D eigenvalue weighted by atomic mass is 9.93. The lowest BCUT2D eigenvalue weighted by Crippen LogP contribution is -2.37. The maximum absolute atomic E-state index is 11.8. The Kier molecular flexibility index (Phi) is 8.44. The van der Waals surface area contributed by atoms with Crippen molar-refractivity contribution in [1.29, 1.82) is 0 Å². The lowest BCUT2D eigenvalue weighted by molar-refractivity contribution is -0.121. The number of aryl methyl sites for hydroxylation is 1. The Labute approximate surface area is 122 Å². The molecule has 2 unspecified atom stereocenters. The summed E-state index contributed by atoms with van der Waals surface area (Å²) < 4.78 is 0. The molecule has 1 aromatic carbocycles. The number of halogens is 1. The largest absolute Gasteiger partial charge is 0.355 e. The molecule has 1 rings (SSSR count). The zero-order chi connectivity index (χ0) is 13.5. The van der Waals surface area contributed by atoms with Gasteiger partial charge in [-0.2, -0.15) is 0 Å². The van der Waals surface area contributed by atoms with Gasteiger partial charge in [0, 0.05) is 19.0 Å². The fourth-order valence-electron chi connectivity index (χ4n) is 1.97. The van der Waals surface area contributed by atoms with Crippen LogP contribution in [0, 0.1) is 6.92 Å². The third kappa shape index (κ3) is 6.08. The molecule has 0 bridgehead atoms. The van der Waals surface area contributed by atoms with Crippen molar-refractivity contribution in [3.8, 4) is 0 Å². The van der Waals surface area contributed by atoms with Crippen LogP contribution in [0.3, 0.4) is 0 Å². The summed E-state index contributed by atoms with van der Waals surface area (Å²) in [6.45, 7) is 6.91. The van der Waals surface area contributed by atoms with Crippen molar-refractivity contribution in [2.75, 3.05) is 13.6 Å². The van der Waals surface area contributed by atoms with Crippen molar-refractivity contribution in [1.82, 2.24) is 10.6 Å². The minimum atomic E-state index is 0. The van der Waals surface area contributed by atoms with E-state index in [0.29, 0.717) is 19.0 Å². The molecule has 0 saturated heterocycles. The van der Waals surface area contributed by atoms with E-state index in [1.807, 2.05) is 26.1 Å². The van der Waals surface area contributed by atoms with Crippen LogP contribution in [0.4, 0.5) is 0 Å². The number of carbonyl (C=O) groups excluding carboxylic acids is 1. The molecule has 4 heteroatoms. The lowest BCUT2D eigenvalue weighted by Gasteiger charge is -2.16. The van der Waals surface area contributed by atoms with Crippen LogP contribution < -0.4 is 10.6 Å². The molecule has 19 heavy (non-hydrogen) atoms. The average molecular weight is 285 g/mol. The quantitative estimate of drug-likeness (QED) is 0.843. The minimum absolute atomic E-state index is 0. The Bertz CT molecular complexity index is 395. The van der Waals surface area contributed by atoms with Gasteiger partial charge in [-0.15, -0.1) is 12.4 Å². The van der Waals surface area contributed by atoms with E-state index in [2.05, 4.69) is 36.6 Å². The Hall–Kier alpha value is -1.06. The summed E-state index contributed by atoms with van der Waals surface area (Å²) in [4.78, 5) is 11.8. The zero-order valence-corrected chi connectivity index (χ0v) is 13.0. The second kappa shape index (κ2) is 8.94. The Morgan fingerprint density at radius 2 is 1.89 bits per heavy atom. The summed E-state index contributed by atoms with van der Waals surface area (Å²) in [5.74, 6) is 0.379. The number of likely N-dealkylation sites (N-methyl/N-ethyl adjacent to an activating group) is 1. The van der Waals surface area contributed by atoms with Gasteiger partial charge in [0.05, 0.1) is 0 Å². The van der Waals surface area contributed by atoms with Gasteiger partial charge in [-0.05, 0) is 37.9 Å². The highest BCUT2D eigenvalue weighted by atomic mass is 35.5. The fourth-order valence-corrected chi connectivity index (χ4v) is 1.97. The molecule has 0 heterocycles. The van der Waals surface area contributed by atoms with Gasteiger partial charge in [-0.3, -0.25) is 4.79 Å². The monoisotopic (exact) mass is 284 g/mol. The topological polar surface area (TPSA) is 41.1 Å². The number of rotatable bonds is 6. The number of carbonyl (C=O) groups is 1. The zero-order valence-electron chi connectivity index (χ0n) is 12.2. The highest BCUT2D eigenvalue weighted by Gasteiger charge is 2.13. The third-order valence-corrected chi connectivity index (χ3v) is 3.31. The van der Waals surface area contributed by atoms with E-state index in [1.54, 1.807) is 0 Å². The Morgan fingerprint density at radius 1 is 1.26 bits per heavy atom. The molecule has 0 aliphatic heterocycles. The number of amides is 1. The summed E-state index contributed by atoms with van der Waals surface area (Å²) in [6, 6.07) is 8.55. The van der Waals surface area contributed by atoms with E-state index in [0.717, 1.165) is 0 Å². The van der Waals surface area contributed by atoms with Crippen LogP contribution in [0.15, 0.2) is 24.3 Å². The van der Waals surface area contributed by atoms with Crippen molar-refractivity contribution in [3.63, 3.8) is 0 Å². The van der Waals surface area contributed by atoms with Gasteiger partial charge in [-0.25, -0.2) is 0 Å². The second-order valence-corrected chi connectivity index (χ2v) is 4.96. The third-order valence-electron chi connectivity index (χ3n) is 3.31. The molecular weight excluding hydrogens is 260 g/mol. The molecule has 0 radical (unpaired) electrons. The summed E-state index contributed by atoms with van der Waals surface area (Å²) in [5.41, 5.74) is 2.51. The van der Waals surface area contributed by atoms with Crippen molar-refractivity contribution < 1.29 is 4.79 Å². The maximum atomic E-state index is 11.8. The first-order valence-electron chi connectivity index (χ1n) is 6.54. The summed E-state index contributed by atoms with van der Waals surface area (Å²) >= 11 is 0. The highest BCUT2D eigenvalue weighted by Crippen LogP contribution is 2.21. The molecule has 1 amide bonds. The Balaban J connectivity index is 0.00000324. The van der Waals surface area contributed by atoms with Gasteiger partial charge in [0.2, 0.25) is 5.91 Å². The highest BCUT2D eigenvalue weighted by molar-refractivity contribution is 5.85. The predicted octanol–water partition coefficient (Wildman–Crippen LogP) is 2.63. The first-order chi connectivity index (χ1) is 8.54. The van der Waals surface area contributed by atoms with Crippen LogP contribution in [-0.2, 0) is 4.79 Å². The average Bonchev–Trinajstić information content (AvgIpc) is 2.36. The van der Waals surface area contributed by atoms with Crippen LogP contribution in [0.2, 0.25) is 0 Å². The van der Waals surface area contributed by atoms with Gasteiger partial charge >= 0.3 is 0 Å². The summed E-state index contributed by atoms with van der Waals surface area (Å²) in [5, 5.41) is 6.05. The van der Waals surface area contributed by atoms with Crippen LogP contribution >= 0.6 is 12.4 Å². The van der Waals surface area contributed by atoms with E-state index in [-0.39, 0.29) is 24.2 Å². The Morgan fingerprint density at radius 3 is 2.47 bits per heavy atom. The predicted molar refractivity (Wildman–Crippen MR) is 83.0 cm³/mol. The van der Waals surface area contributed by atoms with E-state index >= 15 is 0 Å². The van der Waals surface area contributed by atoms with E-state index in [4.69, 9.17) is 0 Å². The molecule has 108 valence electrons. The number of hydrogen-bond acceptors (Lipinski definition) is 2. The summed E-state index contributed by atoms with van der Waals surface area (Å²) in [7, 11) is 1.90. The molecule has 0 spiro atoms. The molecule has 3 nitrogen and oxygen atoms in total. The van der Waals surface area contributed by atoms with Crippen LogP contribution in [0.1, 0.15) is 37.3 Å². The number of nitrogens with one attached hydrogen (secondary N) is 2. The van der Waals surface area contributed by atoms with E-state index in [1.165, 1.54) is 11.1 Å². The van der Waals surface area contributed by atoms with Crippen LogP contribution in [0.5, 0.6) is 0 Å². The van der Waals surface area contributed by atoms with Crippen molar-refractivity contribution in [2.24, 2.45) is 0 Å². The van der Waals surface area contributed by atoms with Crippen molar-refractivity contribution >= 4 is 18.3 Å². The normalized spacial score (nSPS) is 13.3. The maximum Gasteiger partial charge on any atom is 0.220 e. The molecule has 0 saturated carbocycles. The fraction of sp³-hybridized carbons (Fsp3) is 0.533. The first kappa shape index (κ1) is 17.9. The molecular formula is C15H25ClN2O. The molecule has 0 aliphatic rings. The van der Waals surface area contributed by atoms with E-state index < -0.39 is 0 Å². The van der Waals surface area contributed by atoms with Crippen molar-refractivity contribution in [2.45, 2.75) is 39.2 Å². The molecule has 1 aromatic rings. The van der Waals surface area contributed by atoms with Gasteiger partial charge in [-0.1, -0.05) is 31.2 Å². The smallest absolute Gasteiger partial charge is 0.220 e. The molecule has 0 fully saturated rings. The van der Waals surface area contributed by atoms with Crippen molar-refractivity contribution in [3.05, 3.63) is 35.4 Å². The van der Waals surface area contributed by atoms with Gasteiger partial charge in [0.1, 0.15) is 0 Å². The summed E-state index contributed by atoms with van der Waals surface area (Å²) in [6.07, 6.45) is 0.543. The molecule has 2 atom stereocenters. The van der Waals surface area contributed by atoms with Crippen LogP contribution in [-0.4, -0.2) is 25.5 Å². The molecule has 0 aliphatic carbocycles. The second-order valence-electron chi connectivity index (χ2n) is 4.96. The standard InChI is InChI=1S/C15H24N2O.ClH/c1-11-7-5-6-8-14(11)12(2)9-15(18)17-10-13(3)16-4;/h5-8,12-13,16H,9-10H2,1-4H3,(H,17,18);1H. The number of hydrogen-bond donors (Lipinski definition) is 2. The molecule has 2 N–H and O–H groups in total. The first-order valence-corrected chi connectivity index (χ1v) is 6.54. The van der Waals surface area contributed by atoms with Gasteiger partial charge < -0.3 is 10.6 Å².